The maximum absolute atomic E-state index is 13.0. The molecule has 1 saturated heterocycles. The minimum atomic E-state index is -4.39. The van der Waals surface area contributed by atoms with Crippen LogP contribution in [-0.4, -0.2) is 34.9 Å². The molecule has 1 fully saturated rings. The number of pyridine rings is 1. The SMILES string of the molecule is O=C(NC1CCN(Cc2cccnc2)CC1)c1ccccc1-c1ccc(C(F)(F)F)cc1. The zero-order chi connectivity index (χ0) is 22.6. The molecule has 2 heterocycles. The van der Waals surface area contributed by atoms with Gasteiger partial charge in [-0.3, -0.25) is 14.7 Å². The topological polar surface area (TPSA) is 45.2 Å². The van der Waals surface area contributed by atoms with Gasteiger partial charge in [-0.15, -0.1) is 0 Å². The average molecular weight is 439 g/mol. The molecule has 1 N–H and O–H groups in total. The fraction of sp³-hybridized carbons (Fsp3) is 0.280. The van der Waals surface area contributed by atoms with Crippen LogP contribution in [0.4, 0.5) is 13.2 Å². The van der Waals surface area contributed by atoms with Gasteiger partial charge >= 0.3 is 6.18 Å². The summed E-state index contributed by atoms with van der Waals surface area (Å²) < 4.78 is 38.6. The predicted octanol–water partition coefficient (Wildman–Crippen LogP) is 5.16. The molecule has 1 aromatic heterocycles. The minimum Gasteiger partial charge on any atom is -0.349 e. The zero-order valence-electron chi connectivity index (χ0n) is 17.5. The Labute approximate surface area is 185 Å². The van der Waals surface area contributed by atoms with Crippen molar-refractivity contribution in [2.45, 2.75) is 31.6 Å². The van der Waals surface area contributed by atoms with Gasteiger partial charge in [0.05, 0.1) is 5.56 Å². The maximum atomic E-state index is 13.0. The van der Waals surface area contributed by atoms with E-state index in [0.717, 1.165) is 44.6 Å². The van der Waals surface area contributed by atoms with Crippen molar-refractivity contribution in [1.29, 1.82) is 0 Å². The number of benzene rings is 2. The number of amides is 1. The quantitative estimate of drug-likeness (QED) is 0.597. The van der Waals surface area contributed by atoms with Gasteiger partial charge in [0, 0.05) is 43.6 Å². The highest BCUT2D eigenvalue weighted by atomic mass is 19.4. The molecule has 0 atom stereocenters. The number of nitrogens with one attached hydrogen (secondary N) is 1. The van der Waals surface area contributed by atoms with E-state index in [0.29, 0.717) is 16.7 Å². The highest BCUT2D eigenvalue weighted by Gasteiger charge is 2.30. The number of nitrogens with zero attached hydrogens (tertiary/aromatic N) is 2. The molecular weight excluding hydrogens is 415 g/mol. The first-order valence-corrected chi connectivity index (χ1v) is 10.6. The highest BCUT2D eigenvalue weighted by molar-refractivity contribution is 6.01. The van der Waals surface area contributed by atoms with Crippen molar-refractivity contribution in [2.24, 2.45) is 0 Å². The summed E-state index contributed by atoms with van der Waals surface area (Å²) in [5.74, 6) is -0.203. The summed E-state index contributed by atoms with van der Waals surface area (Å²) in [6.07, 6.45) is 0.921. The first-order chi connectivity index (χ1) is 15.4. The Morgan fingerprint density at radius 3 is 2.38 bits per heavy atom. The number of rotatable bonds is 5. The second-order valence-electron chi connectivity index (χ2n) is 8.01. The molecule has 0 radical (unpaired) electrons. The zero-order valence-corrected chi connectivity index (χ0v) is 17.5. The molecule has 2 aromatic carbocycles. The normalized spacial score (nSPS) is 15.5. The van der Waals surface area contributed by atoms with E-state index in [1.54, 1.807) is 30.5 Å². The first-order valence-electron chi connectivity index (χ1n) is 10.6. The van der Waals surface area contributed by atoms with Crippen molar-refractivity contribution in [3.05, 3.63) is 89.7 Å². The second-order valence-corrected chi connectivity index (χ2v) is 8.01. The lowest BCUT2D eigenvalue weighted by Gasteiger charge is -2.32. The van der Waals surface area contributed by atoms with Crippen molar-refractivity contribution in [1.82, 2.24) is 15.2 Å². The van der Waals surface area contributed by atoms with E-state index >= 15 is 0 Å². The van der Waals surface area contributed by atoms with Gasteiger partial charge in [-0.25, -0.2) is 0 Å². The Hall–Kier alpha value is -3.19. The number of hydrogen-bond acceptors (Lipinski definition) is 3. The van der Waals surface area contributed by atoms with E-state index in [1.807, 2.05) is 12.3 Å². The molecule has 32 heavy (non-hydrogen) atoms. The van der Waals surface area contributed by atoms with Crippen LogP contribution in [0.25, 0.3) is 11.1 Å². The van der Waals surface area contributed by atoms with Crippen molar-refractivity contribution in [3.8, 4) is 11.1 Å². The van der Waals surface area contributed by atoms with Gasteiger partial charge < -0.3 is 5.32 Å². The predicted molar refractivity (Wildman–Crippen MR) is 117 cm³/mol. The van der Waals surface area contributed by atoms with Gasteiger partial charge in [-0.1, -0.05) is 36.4 Å². The van der Waals surface area contributed by atoms with Crippen LogP contribution in [0, 0.1) is 0 Å². The number of aromatic nitrogens is 1. The Morgan fingerprint density at radius 2 is 1.72 bits per heavy atom. The Morgan fingerprint density at radius 1 is 1.00 bits per heavy atom. The lowest BCUT2D eigenvalue weighted by atomic mass is 9.97. The minimum absolute atomic E-state index is 0.0632. The summed E-state index contributed by atoms with van der Waals surface area (Å²) in [5.41, 5.74) is 2.12. The Kier molecular flexibility index (Phi) is 6.55. The number of halogens is 3. The van der Waals surface area contributed by atoms with E-state index in [2.05, 4.69) is 21.3 Å². The number of piperidine rings is 1. The van der Waals surface area contributed by atoms with Crippen LogP contribution in [0.15, 0.2) is 73.1 Å². The second kappa shape index (κ2) is 9.53. The average Bonchev–Trinajstić information content (AvgIpc) is 2.80. The van der Waals surface area contributed by atoms with E-state index in [-0.39, 0.29) is 11.9 Å². The van der Waals surface area contributed by atoms with Gasteiger partial charge in [0.2, 0.25) is 0 Å². The Balaban J connectivity index is 1.39. The number of hydrogen-bond donors (Lipinski definition) is 1. The molecule has 0 aliphatic carbocycles. The Bertz CT molecular complexity index is 1040. The first kappa shape index (κ1) is 22.0. The number of carbonyl (C=O) groups is 1. The fourth-order valence-corrected chi connectivity index (χ4v) is 4.02. The van der Waals surface area contributed by atoms with Gasteiger partial charge in [0.25, 0.3) is 5.91 Å². The summed E-state index contributed by atoms with van der Waals surface area (Å²) >= 11 is 0. The van der Waals surface area contributed by atoms with Crippen LogP contribution >= 0.6 is 0 Å². The molecule has 0 saturated carbocycles. The van der Waals surface area contributed by atoms with Crippen molar-refractivity contribution < 1.29 is 18.0 Å². The standard InChI is InChI=1S/C25H24F3N3O/c26-25(27,28)20-9-7-19(8-10-20)22-5-1-2-6-23(22)24(32)30-21-11-14-31(15-12-21)17-18-4-3-13-29-16-18/h1-10,13,16,21H,11-12,14-15,17H2,(H,30,32). The fourth-order valence-electron chi connectivity index (χ4n) is 4.02. The summed E-state index contributed by atoms with van der Waals surface area (Å²) in [4.78, 5) is 19.5. The van der Waals surface area contributed by atoms with Gasteiger partial charge in [0.15, 0.2) is 0 Å². The van der Waals surface area contributed by atoms with Crippen LogP contribution < -0.4 is 5.32 Å². The van der Waals surface area contributed by atoms with E-state index < -0.39 is 11.7 Å². The molecule has 0 spiro atoms. The monoisotopic (exact) mass is 439 g/mol. The molecular formula is C25H24F3N3O. The molecule has 1 aliphatic rings. The van der Waals surface area contributed by atoms with Crippen LogP contribution in [0.2, 0.25) is 0 Å². The third kappa shape index (κ3) is 5.34. The van der Waals surface area contributed by atoms with Crippen LogP contribution in [-0.2, 0) is 12.7 Å². The molecule has 1 amide bonds. The third-order valence-electron chi connectivity index (χ3n) is 5.75. The molecule has 4 nitrogen and oxygen atoms in total. The van der Waals surface area contributed by atoms with Crippen LogP contribution in [0.1, 0.15) is 34.3 Å². The van der Waals surface area contributed by atoms with Gasteiger partial charge in [-0.2, -0.15) is 13.2 Å². The summed E-state index contributed by atoms with van der Waals surface area (Å²) in [6, 6.07) is 16.0. The van der Waals surface area contributed by atoms with Crippen molar-refractivity contribution >= 4 is 5.91 Å². The highest BCUT2D eigenvalue weighted by Crippen LogP contribution is 2.32. The molecule has 4 rings (SSSR count). The van der Waals surface area contributed by atoms with E-state index in [4.69, 9.17) is 0 Å². The number of likely N-dealkylation sites (tertiary alicyclic amines) is 1. The van der Waals surface area contributed by atoms with E-state index in [9.17, 15) is 18.0 Å². The third-order valence-corrected chi connectivity index (χ3v) is 5.75. The van der Waals surface area contributed by atoms with E-state index in [1.165, 1.54) is 17.7 Å². The molecule has 166 valence electrons. The molecule has 1 aliphatic heterocycles. The van der Waals surface area contributed by atoms with Gasteiger partial charge in [0.1, 0.15) is 0 Å². The van der Waals surface area contributed by atoms with Crippen molar-refractivity contribution in [2.75, 3.05) is 13.1 Å². The number of carbonyl (C=O) groups excluding carboxylic acids is 1. The van der Waals surface area contributed by atoms with Crippen LogP contribution in [0.5, 0.6) is 0 Å². The molecule has 0 unspecified atom stereocenters. The largest absolute Gasteiger partial charge is 0.416 e. The smallest absolute Gasteiger partial charge is 0.349 e. The molecule has 7 heteroatoms. The van der Waals surface area contributed by atoms with Crippen LogP contribution in [0.3, 0.4) is 0 Å². The lowest BCUT2D eigenvalue weighted by molar-refractivity contribution is -0.137. The molecule has 3 aromatic rings. The summed E-state index contributed by atoms with van der Waals surface area (Å²) in [5, 5.41) is 3.11. The number of alkyl halides is 3. The lowest BCUT2D eigenvalue weighted by Crippen LogP contribution is -2.44. The van der Waals surface area contributed by atoms with Gasteiger partial charge in [-0.05, 0) is 53.8 Å². The maximum Gasteiger partial charge on any atom is 0.416 e. The molecule has 0 bridgehead atoms. The summed E-state index contributed by atoms with van der Waals surface area (Å²) in [7, 11) is 0. The van der Waals surface area contributed by atoms with Crippen molar-refractivity contribution in [3.63, 3.8) is 0 Å². The summed E-state index contributed by atoms with van der Waals surface area (Å²) in [6.45, 7) is 2.59.